The van der Waals surface area contributed by atoms with Crippen molar-refractivity contribution in [2.75, 3.05) is 19.3 Å². The van der Waals surface area contributed by atoms with E-state index in [0.717, 1.165) is 23.1 Å². The molecule has 1 N–H and O–H groups in total. The topological polar surface area (TPSA) is 46.0 Å². The largest absolute Gasteiger partial charge is 0.362 e. The highest BCUT2D eigenvalue weighted by molar-refractivity contribution is 7.99. The molecule has 5 nitrogen and oxygen atoms in total. The smallest absolute Gasteiger partial charge is 0.169 e. The molecule has 1 aromatic heterocycles. The molecule has 140 valence electrons. The van der Waals surface area contributed by atoms with Crippen LogP contribution in [0.4, 0.5) is 0 Å². The van der Waals surface area contributed by atoms with E-state index in [0.29, 0.717) is 0 Å². The number of nitrogens with zero attached hydrogens (tertiary/aromatic N) is 4. The van der Waals surface area contributed by atoms with Crippen LogP contribution >= 0.6 is 24.0 Å². The van der Waals surface area contributed by atoms with E-state index in [1.165, 1.54) is 16.8 Å². The van der Waals surface area contributed by atoms with Crippen molar-refractivity contribution in [3.63, 3.8) is 0 Å². The lowest BCUT2D eigenvalue weighted by Gasteiger charge is -2.28. The fraction of sp³-hybridized carbons (Fsp3) is 0.250. The summed E-state index contributed by atoms with van der Waals surface area (Å²) in [6.45, 7) is 2.98. The zero-order chi connectivity index (χ0) is 19.1. The van der Waals surface area contributed by atoms with Crippen LogP contribution < -0.4 is 5.32 Å². The number of nitrogens with one attached hydrogen (secondary N) is 1. The maximum Gasteiger partial charge on any atom is 0.169 e. The van der Waals surface area contributed by atoms with Crippen LogP contribution in [0.1, 0.15) is 18.5 Å². The Morgan fingerprint density at radius 3 is 2.59 bits per heavy atom. The van der Waals surface area contributed by atoms with Gasteiger partial charge in [-0.3, -0.25) is 0 Å². The monoisotopic (exact) mass is 397 g/mol. The second kappa shape index (κ2) is 9.53. The quantitative estimate of drug-likeness (QED) is 0.370. The molecule has 27 heavy (non-hydrogen) atoms. The van der Waals surface area contributed by atoms with E-state index >= 15 is 0 Å². The fourth-order valence-electron chi connectivity index (χ4n) is 2.61. The molecule has 0 unspecified atom stereocenters. The zero-order valence-electron chi connectivity index (χ0n) is 15.4. The summed E-state index contributed by atoms with van der Waals surface area (Å²) in [7, 11) is 2.02. The summed E-state index contributed by atoms with van der Waals surface area (Å²) in [6, 6.07) is 18.9. The molecule has 0 radical (unpaired) electrons. The van der Waals surface area contributed by atoms with E-state index in [-0.39, 0.29) is 6.04 Å². The zero-order valence-corrected chi connectivity index (χ0v) is 17.1. The third kappa shape index (κ3) is 5.30. The number of hydrogen-bond donors (Lipinski definition) is 1. The molecule has 1 heterocycles. The van der Waals surface area contributed by atoms with Gasteiger partial charge in [-0.1, -0.05) is 30.3 Å². The molecule has 0 bridgehead atoms. The summed E-state index contributed by atoms with van der Waals surface area (Å²) in [6.07, 6.45) is 3.22. The molecule has 7 heteroatoms. The summed E-state index contributed by atoms with van der Waals surface area (Å²) in [5.41, 5.74) is 2.19. The van der Waals surface area contributed by atoms with Crippen LogP contribution in [0.2, 0.25) is 0 Å². The van der Waals surface area contributed by atoms with E-state index in [4.69, 9.17) is 12.2 Å². The highest BCUT2D eigenvalue weighted by Crippen LogP contribution is 2.20. The summed E-state index contributed by atoms with van der Waals surface area (Å²) >= 11 is 7.38. The SMILES string of the molecule is C[C@@H](c1ccc(-n2cncn2)cc1)N(C)C(=S)NCCSc1ccccc1. The summed E-state index contributed by atoms with van der Waals surface area (Å²) in [5.74, 6) is 0.971. The van der Waals surface area contributed by atoms with Gasteiger partial charge in [0, 0.05) is 24.2 Å². The predicted molar refractivity (Wildman–Crippen MR) is 115 cm³/mol. The molecular weight excluding hydrogens is 374 g/mol. The number of hydrogen-bond acceptors (Lipinski definition) is 4. The second-order valence-corrected chi connectivity index (χ2v) is 7.67. The van der Waals surface area contributed by atoms with Gasteiger partial charge in [-0.25, -0.2) is 9.67 Å². The highest BCUT2D eigenvalue weighted by Gasteiger charge is 2.14. The highest BCUT2D eigenvalue weighted by atomic mass is 32.2. The first-order valence-electron chi connectivity index (χ1n) is 8.78. The van der Waals surface area contributed by atoms with Crippen LogP contribution in [-0.2, 0) is 0 Å². The average molecular weight is 398 g/mol. The maximum atomic E-state index is 5.56. The molecule has 0 aliphatic heterocycles. The standard InChI is InChI=1S/C20H23N5S2/c1-16(17-8-10-18(11-9-17)25-15-21-14-23-25)24(2)20(26)22-12-13-27-19-6-4-3-5-7-19/h3-11,14-16H,12-13H2,1-2H3,(H,22,26)/t16-/m0/s1. The van der Waals surface area contributed by atoms with E-state index in [1.807, 2.05) is 37.0 Å². The van der Waals surface area contributed by atoms with Crippen LogP contribution in [0.15, 0.2) is 72.1 Å². The van der Waals surface area contributed by atoms with Crippen LogP contribution in [0.3, 0.4) is 0 Å². The van der Waals surface area contributed by atoms with Gasteiger partial charge in [-0.05, 0) is 49.0 Å². The van der Waals surface area contributed by atoms with Gasteiger partial charge >= 0.3 is 0 Å². The fourth-order valence-corrected chi connectivity index (χ4v) is 3.66. The van der Waals surface area contributed by atoms with E-state index in [2.05, 4.69) is 63.6 Å². The van der Waals surface area contributed by atoms with Crippen molar-refractivity contribution in [3.05, 3.63) is 72.8 Å². The molecule has 3 rings (SSSR count). The normalized spacial score (nSPS) is 11.8. The van der Waals surface area contributed by atoms with Gasteiger partial charge in [0.05, 0.1) is 11.7 Å². The van der Waals surface area contributed by atoms with E-state index in [1.54, 1.807) is 11.0 Å². The maximum absolute atomic E-state index is 5.56. The third-order valence-electron chi connectivity index (χ3n) is 4.35. The minimum Gasteiger partial charge on any atom is -0.362 e. The molecule has 0 spiro atoms. The number of rotatable bonds is 7. The Morgan fingerprint density at radius 1 is 1.19 bits per heavy atom. The third-order valence-corrected chi connectivity index (χ3v) is 5.80. The minimum atomic E-state index is 0.177. The lowest BCUT2D eigenvalue weighted by atomic mass is 10.1. The Hall–Kier alpha value is -2.38. The van der Waals surface area contributed by atoms with Gasteiger partial charge in [0.25, 0.3) is 0 Å². The predicted octanol–water partition coefficient (Wildman–Crippen LogP) is 3.93. The Bertz CT molecular complexity index is 835. The molecule has 0 fully saturated rings. The first kappa shape index (κ1) is 19.4. The van der Waals surface area contributed by atoms with Gasteiger partial charge in [0.15, 0.2) is 5.11 Å². The Labute approximate surface area is 169 Å². The van der Waals surface area contributed by atoms with Crippen molar-refractivity contribution in [3.8, 4) is 5.69 Å². The van der Waals surface area contributed by atoms with Gasteiger partial charge in [-0.15, -0.1) is 11.8 Å². The number of thiocarbonyl (C=S) groups is 1. The molecule has 0 saturated carbocycles. The Balaban J connectivity index is 1.48. The molecular formula is C20H23N5S2. The summed E-state index contributed by atoms with van der Waals surface area (Å²) in [5, 5.41) is 8.26. The van der Waals surface area contributed by atoms with Gasteiger partial charge in [0.2, 0.25) is 0 Å². The first-order valence-corrected chi connectivity index (χ1v) is 10.2. The van der Waals surface area contributed by atoms with Crippen molar-refractivity contribution in [1.29, 1.82) is 0 Å². The summed E-state index contributed by atoms with van der Waals surface area (Å²) in [4.78, 5) is 7.35. The lowest BCUT2D eigenvalue weighted by molar-refractivity contribution is 0.397. The van der Waals surface area contributed by atoms with Crippen LogP contribution in [-0.4, -0.2) is 44.1 Å². The second-order valence-electron chi connectivity index (χ2n) is 6.11. The van der Waals surface area contributed by atoms with Gasteiger partial charge < -0.3 is 10.2 Å². The van der Waals surface area contributed by atoms with Crippen molar-refractivity contribution in [1.82, 2.24) is 25.0 Å². The molecule has 0 amide bonds. The Morgan fingerprint density at radius 2 is 1.93 bits per heavy atom. The summed E-state index contributed by atoms with van der Waals surface area (Å²) < 4.78 is 1.74. The number of thioether (sulfide) groups is 1. The molecule has 0 aliphatic rings. The molecule has 3 aromatic rings. The van der Waals surface area contributed by atoms with E-state index in [9.17, 15) is 0 Å². The van der Waals surface area contributed by atoms with Crippen LogP contribution in [0, 0.1) is 0 Å². The van der Waals surface area contributed by atoms with Crippen LogP contribution in [0.5, 0.6) is 0 Å². The first-order chi connectivity index (χ1) is 13.1. The average Bonchev–Trinajstić information content (AvgIpc) is 3.26. The van der Waals surface area contributed by atoms with E-state index < -0.39 is 0 Å². The molecule has 2 aromatic carbocycles. The van der Waals surface area contributed by atoms with Crippen molar-refractivity contribution < 1.29 is 0 Å². The van der Waals surface area contributed by atoms with Gasteiger partial charge in [0.1, 0.15) is 12.7 Å². The van der Waals surface area contributed by atoms with Gasteiger partial charge in [-0.2, -0.15) is 5.10 Å². The van der Waals surface area contributed by atoms with Crippen molar-refractivity contribution in [2.45, 2.75) is 17.9 Å². The van der Waals surface area contributed by atoms with Crippen molar-refractivity contribution >= 4 is 29.1 Å². The van der Waals surface area contributed by atoms with Crippen molar-refractivity contribution in [2.24, 2.45) is 0 Å². The van der Waals surface area contributed by atoms with Crippen LogP contribution in [0.25, 0.3) is 5.69 Å². The molecule has 1 atom stereocenters. The Kier molecular flexibility index (Phi) is 6.84. The molecule has 0 aliphatic carbocycles. The number of aromatic nitrogens is 3. The lowest BCUT2D eigenvalue weighted by Crippen LogP contribution is -2.39. The molecule has 0 saturated heterocycles. The minimum absolute atomic E-state index is 0.177. The number of benzene rings is 2.